The molecule has 0 unspecified atom stereocenters. The largest absolute Gasteiger partial charge is 0.493 e. The van der Waals surface area contributed by atoms with E-state index in [1.165, 1.54) is 0 Å². The first-order valence-electron chi connectivity index (χ1n) is 8.71. The molecule has 0 aliphatic heterocycles. The van der Waals surface area contributed by atoms with E-state index in [0.29, 0.717) is 13.2 Å². The zero-order chi connectivity index (χ0) is 18.7. The zero-order valence-corrected chi connectivity index (χ0v) is 16.5. The van der Waals surface area contributed by atoms with E-state index in [2.05, 4.69) is 31.0 Å². The SMILES string of the molecule is C/C=C/COc1cc(C)c(OCCCN(C)C/C(C)=N/OC)c(C)c1. The number of allylic oxidation sites excluding steroid dienone is 1. The number of hydrogen-bond donors (Lipinski definition) is 0. The highest BCUT2D eigenvalue weighted by Gasteiger charge is 2.08. The van der Waals surface area contributed by atoms with E-state index in [1.54, 1.807) is 7.11 Å². The molecule has 0 aromatic heterocycles. The molecule has 0 aliphatic carbocycles. The molecule has 0 fully saturated rings. The smallest absolute Gasteiger partial charge is 0.125 e. The molecule has 1 aromatic rings. The van der Waals surface area contributed by atoms with E-state index < -0.39 is 0 Å². The number of ether oxygens (including phenoxy) is 2. The summed E-state index contributed by atoms with van der Waals surface area (Å²) in [5, 5.41) is 3.93. The first kappa shape index (κ1) is 21.0. The summed E-state index contributed by atoms with van der Waals surface area (Å²) < 4.78 is 11.7. The summed E-state index contributed by atoms with van der Waals surface area (Å²) in [4.78, 5) is 6.98. The van der Waals surface area contributed by atoms with Gasteiger partial charge in [-0.3, -0.25) is 0 Å². The number of oxime groups is 1. The van der Waals surface area contributed by atoms with Crippen molar-refractivity contribution in [3.63, 3.8) is 0 Å². The van der Waals surface area contributed by atoms with Crippen LogP contribution in [0.25, 0.3) is 0 Å². The van der Waals surface area contributed by atoms with Gasteiger partial charge >= 0.3 is 0 Å². The van der Waals surface area contributed by atoms with Gasteiger partial charge in [-0.1, -0.05) is 17.3 Å². The van der Waals surface area contributed by atoms with Gasteiger partial charge in [0, 0.05) is 13.1 Å². The molecule has 5 heteroatoms. The summed E-state index contributed by atoms with van der Waals surface area (Å²) in [6.07, 6.45) is 4.93. The van der Waals surface area contributed by atoms with Crippen LogP contribution in [0, 0.1) is 13.8 Å². The Morgan fingerprint density at radius 2 is 1.88 bits per heavy atom. The molecular weight excluding hydrogens is 316 g/mol. The molecule has 0 spiro atoms. The van der Waals surface area contributed by atoms with Crippen molar-refractivity contribution in [3.05, 3.63) is 35.4 Å². The zero-order valence-electron chi connectivity index (χ0n) is 16.5. The predicted molar refractivity (Wildman–Crippen MR) is 104 cm³/mol. The fourth-order valence-electron chi connectivity index (χ4n) is 2.63. The molecular formula is C20H32N2O3. The molecule has 0 saturated carbocycles. The third-order valence-electron chi connectivity index (χ3n) is 3.69. The summed E-state index contributed by atoms with van der Waals surface area (Å²) in [7, 11) is 3.64. The van der Waals surface area contributed by atoms with Gasteiger partial charge in [-0.05, 0) is 64.4 Å². The van der Waals surface area contributed by atoms with Crippen LogP contribution in [0.3, 0.4) is 0 Å². The van der Waals surface area contributed by atoms with Crippen molar-refractivity contribution in [2.24, 2.45) is 5.16 Å². The highest BCUT2D eigenvalue weighted by Crippen LogP contribution is 2.28. The second-order valence-electron chi connectivity index (χ2n) is 6.22. The Hall–Kier alpha value is -2.01. The lowest BCUT2D eigenvalue weighted by molar-refractivity contribution is 0.210. The molecule has 0 bridgehead atoms. The Morgan fingerprint density at radius 1 is 1.20 bits per heavy atom. The molecule has 0 amide bonds. The Labute approximate surface area is 152 Å². The van der Waals surface area contributed by atoms with Gasteiger partial charge in [-0.15, -0.1) is 0 Å². The van der Waals surface area contributed by atoms with Gasteiger partial charge in [0.25, 0.3) is 0 Å². The normalized spacial score (nSPS) is 12.0. The summed E-state index contributed by atoms with van der Waals surface area (Å²) in [5.41, 5.74) is 3.17. The number of benzene rings is 1. The standard InChI is InChI=1S/C20H32N2O3/c1-7-8-11-24-19-13-16(2)20(17(3)14-19)25-12-9-10-22(5)15-18(4)21-23-6/h7-8,13-14H,9-12,15H2,1-6H3/b8-7+,21-18+. The fourth-order valence-corrected chi connectivity index (χ4v) is 2.63. The third-order valence-corrected chi connectivity index (χ3v) is 3.69. The van der Waals surface area contributed by atoms with E-state index in [4.69, 9.17) is 14.3 Å². The molecule has 0 saturated heterocycles. The van der Waals surface area contributed by atoms with Crippen molar-refractivity contribution in [1.29, 1.82) is 0 Å². The Kier molecular flexibility index (Phi) is 9.70. The molecule has 0 atom stereocenters. The van der Waals surface area contributed by atoms with Gasteiger partial charge in [-0.2, -0.15) is 0 Å². The molecule has 5 nitrogen and oxygen atoms in total. The molecule has 0 heterocycles. The maximum Gasteiger partial charge on any atom is 0.125 e. The van der Waals surface area contributed by atoms with Crippen LogP contribution in [0.5, 0.6) is 11.5 Å². The van der Waals surface area contributed by atoms with Crippen LogP contribution in [0.4, 0.5) is 0 Å². The van der Waals surface area contributed by atoms with Crippen molar-refractivity contribution in [1.82, 2.24) is 4.90 Å². The van der Waals surface area contributed by atoms with Crippen molar-refractivity contribution in [2.45, 2.75) is 34.1 Å². The molecule has 0 N–H and O–H groups in total. The summed E-state index contributed by atoms with van der Waals surface area (Å²) in [6, 6.07) is 4.06. The van der Waals surface area contributed by atoms with E-state index in [0.717, 1.165) is 47.8 Å². The summed E-state index contributed by atoms with van der Waals surface area (Å²) in [6.45, 7) is 11.1. The van der Waals surface area contributed by atoms with Gasteiger partial charge in [0.1, 0.15) is 25.2 Å². The van der Waals surface area contributed by atoms with Crippen LogP contribution < -0.4 is 9.47 Å². The van der Waals surface area contributed by atoms with E-state index in [9.17, 15) is 0 Å². The van der Waals surface area contributed by atoms with Crippen molar-refractivity contribution >= 4 is 5.71 Å². The molecule has 25 heavy (non-hydrogen) atoms. The quantitative estimate of drug-likeness (QED) is 0.263. The molecule has 0 aliphatic rings. The number of rotatable bonds is 11. The summed E-state index contributed by atoms with van der Waals surface area (Å²) >= 11 is 0. The average Bonchev–Trinajstić information content (AvgIpc) is 2.53. The highest BCUT2D eigenvalue weighted by atomic mass is 16.6. The first-order chi connectivity index (χ1) is 12.0. The van der Waals surface area contributed by atoms with Crippen LogP contribution >= 0.6 is 0 Å². The van der Waals surface area contributed by atoms with Gasteiger partial charge in [-0.25, -0.2) is 0 Å². The molecule has 0 radical (unpaired) electrons. The Balaban J connectivity index is 2.45. The maximum absolute atomic E-state index is 6.00. The average molecular weight is 348 g/mol. The fraction of sp³-hybridized carbons (Fsp3) is 0.550. The minimum Gasteiger partial charge on any atom is -0.493 e. The van der Waals surface area contributed by atoms with Gasteiger partial charge < -0.3 is 19.2 Å². The van der Waals surface area contributed by atoms with E-state index >= 15 is 0 Å². The maximum atomic E-state index is 6.00. The van der Waals surface area contributed by atoms with Gasteiger partial charge in [0.15, 0.2) is 0 Å². The van der Waals surface area contributed by atoms with Gasteiger partial charge in [0.05, 0.1) is 12.3 Å². The van der Waals surface area contributed by atoms with E-state index in [1.807, 2.05) is 38.1 Å². The minimum atomic E-state index is 0.591. The number of aryl methyl sites for hydroxylation is 2. The van der Waals surface area contributed by atoms with Crippen molar-refractivity contribution in [3.8, 4) is 11.5 Å². The Bertz CT molecular complexity index is 559. The van der Waals surface area contributed by atoms with E-state index in [-0.39, 0.29) is 0 Å². The number of hydrogen-bond acceptors (Lipinski definition) is 5. The van der Waals surface area contributed by atoms with Crippen molar-refractivity contribution in [2.75, 3.05) is 40.5 Å². The second kappa shape index (κ2) is 11.5. The lowest BCUT2D eigenvalue weighted by Crippen LogP contribution is -2.26. The monoisotopic (exact) mass is 348 g/mol. The van der Waals surface area contributed by atoms with Crippen LogP contribution in [-0.2, 0) is 4.84 Å². The number of nitrogens with zero attached hydrogens (tertiary/aromatic N) is 2. The second-order valence-corrected chi connectivity index (χ2v) is 6.22. The highest BCUT2D eigenvalue weighted by molar-refractivity contribution is 5.83. The lowest BCUT2D eigenvalue weighted by Gasteiger charge is -2.17. The van der Waals surface area contributed by atoms with Crippen LogP contribution in [-0.4, -0.2) is 51.1 Å². The third kappa shape index (κ3) is 8.07. The molecule has 1 rings (SSSR count). The summed E-state index contributed by atoms with van der Waals surface area (Å²) in [5.74, 6) is 1.84. The Morgan fingerprint density at radius 3 is 2.48 bits per heavy atom. The predicted octanol–water partition coefficient (Wildman–Crippen LogP) is 3.98. The molecule has 140 valence electrons. The topological polar surface area (TPSA) is 43.3 Å². The van der Waals surface area contributed by atoms with Crippen LogP contribution in [0.1, 0.15) is 31.4 Å². The van der Waals surface area contributed by atoms with Gasteiger partial charge in [0.2, 0.25) is 0 Å². The first-order valence-corrected chi connectivity index (χ1v) is 8.71. The van der Waals surface area contributed by atoms with Crippen LogP contribution in [0.2, 0.25) is 0 Å². The lowest BCUT2D eigenvalue weighted by atomic mass is 10.1. The van der Waals surface area contributed by atoms with Crippen LogP contribution in [0.15, 0.2) is 29.4 Å². The molecule has 1 aromatic carbocycles. The van der Waals surface area contributed by atoms with Crippen molar-refractivity contribution < 1.29 is 14.3 Å². The minimum absolute atomic E-state index is 0.591.